The SMILES string of the molecule is CS(=O)(=O)Cc1cc[nH]c1. The van der Waals surface area contributed by atoms with Crippen LogP contribution in [0.25, 0.3) is 0 Å². The molecular formula is C6H9NO2S. The summed E-state index contributed by atoms with van der Waals surface area (Å²) in [5.41, 5.74) is 0.808. The predicted molar refractivity (Wildman–Crippen MR) is 39.3 cm³/mol. The van der Waals surface area contributed by atoms with Gasteiger partial charge in [0, 0.05) is 18.6 Å². The molecule has 0 radical (unpaired) electrons. The summed E-state index contributed by atoms with van der Waals surface area (Å²) in [5, 5.41) is 0. The van der Waals surface area contributed by atoms with Gasteiger partial charge in [0.1, 0.15) is 0 Å². The topological polar surface area (TPSA) is 49.9 Å². The number of sulfone groups is 1. The van der Waals surface area contributed by atoms with Gasteiger partial charge in [0.15, 0.2) is 9.84 Å². The second-order valence-corrected chi connectivity index (χ2v) is 4.43. The Morgan fingerprint density at radius 1 is 1.60 bits per heavy atom. The molecule has 0 aliphatic heterocycles. The molecule has 0 spiro atoms. The van der Waals surface area contributed by atoms with Crippen LogP contribution in [0.3, 0.4) is 0 Å². The average Bonchev–Trinajstić information content (AvgIpc) is 2.12. The van der Waals surface area contributed by atoms with Crippen molar-refractivity contribution >= 4 is 9.84 Å². The second kappa shape index (κ2) is 2.46. The Bertz CT molecular complexity index is 286. The third-order valence-corrected chi connectivity index (χ3v) is 1.95. The molecule has 0 unspecified atom stereocenters. The van der Waals surface area contributed by atoms with Gasteiger partial charge in [-0.1, -0.05) is 0 Å². The molecule has 1 aromatic heterocycles. The van der Waals surface area contributed by atoms with Crippen LogP contribution < -0.4 is 0 Å². The normalized spacial score (nSPS) is 11.7. The summed E-state index contributed by atoms with van der Waals surface area (Å²) in [6.07, 6.45) is 4.61. The molecule has 0 saturated heterocycles. The molecule has 1 heterocycles. The summed E-state index contributed by atoms with van der Waals surface area (Å²) in [6.45, 7) is 0. The van der Waals surface area contributed by atoms with Crippen LogP contribution in [0, 0.1) is 0 Å². The first kappa shape index (κ1) is 7.34. The van der Waals surface area contributed by atoms with Crippen LogP contribution in [0.15, 0.2) is 18.5 Å². The number of rotatable bonds is 2. The minimum absolute atomic E-state index is 0.122. The zero-order valence-electron chi connectivity index (χ0n) is 5.66. The molecule has 10 heavy (non-hydrogen) atoms. The third-order valence-electron chi connectivity index (χ3n) is 1.09. The molecular weight excluding hydrogens is 150 g/mol. The van der Waals surface area contributed by atoms with Crippen molar-refractivity contribution in [1.82, 2.24) is 4.98 Å². The van der Waals surface area contributed by atoms with Crippen LogP contribution in [0.4, 0.5) is 0 Å². The lowest BCUT2D eigenvalue weighted by Crippen LogP contribution is -1.98. The van der Waals surface area contributed by atoms with Crippen molar-refractivity contribution in [3.05, 3.63) is 24.0 Å². The molecule has 4 heteroatoms. The molecule has 56 valence electrons. The van der Waals surface area contributed by atoms with Crippen LogP contribution >= 0.6 is 0 Å². The Labute approximate surface area is 60.0 Å². The van der Waals surface area contributed by atoms with E-state index in [9.17, 15) is 8.42 Å². The molecule has 1 aromatic rings. The maximum atomic E-state index is 10.7. The number of hydrogen-bond donors (Lipinski definition) is 1. The first-order chi connectivity index (χ1) is 4.58. The van der Waals surface area contributed by atoms with Gasteiger partial charge < -0.3 is 4.98 Å². The fourth-order valence-corrected chi connectivity index (χ4v) is 1.54. The zero-order valence-corrected chi connectivity index (χ0v) is 6.48. The van der Waals surface area contributed by atoms with Gasteiger partial charge >= 0.3 is 0 Å². The molecule has 0 amide bonds. The van der Waals surface area contributed by atoms with Crippen LogP contribution in [0.2, 0.25) is 0 Å². The molecule has 0 saturated carbocycles. The highest BCUT2D eigenvalue weighted by Crippen LogP contribution is 2.01. The minimum atomic E-state index is -2.87. The van der Waals surface area contributed by atoms with Gasteiger partial charge in [0.05, 0.1) is 5.75 Å². The van der Waals surface area contributed by atoms with E-state index in [4.69, 9.17) is 0 Å². The monoisotopic (exact) mass is 159 g/mol. The maximum absolute atomic E-state index is 10.7. The van der Waals surface area contributed by atoms with Crippen molar-refractivity contribution in [1.29, 1.82) is 0 Å². The number of hydrogen-bond acceptors (Lipinski definition) is 2. The number of H-pyrrole nitrogens is 1. The molecule has 0 aromatic carbocycles. The van der Waals surface area contributed by atoms with E-state index in [1.54, 1.807) is 18.5 Å². The summed E-state index contributed by atoms with van der Waals surface area (Å²) < 4.78 is 21.4. The van der Waals surface area contributed by atoms with Crippen molar-refractivity contribution < 1.29 is 8.42 Å². The fraction of sp³-hybridized carbons (Fsp3) is 0.333. The van der Waals surface area contributed by atoms with E-state index in [0.717, 1.165) is 5.56 Å². The Kier molecular flexibility index (Phi) is 1.80. The van der Waals surface area contributed by atoms with Crippen molar-refractivity contribution in [3.63, 3.8) is 0 Å². The van der Waals surface area contributed by atoms with Crippen molar-refractivity contribution in [2.75, 3.05) is 6.26 Å². The third kappa shape index (κ3) is 2.23. The highest BCUT2D eigenvalue weighted by molar-refractivity contribution is 7.89. The van der Waals surface area contributed by atoms with E-state index in [0.29, 0.717) is 0 Å². The van der Waals surface area contributed by atoms with Crippen LogP contribution in [0.1, 0.15) is 5.56 Å². The van der Waals surface area contributed by atoms with Crippen LogP contribution in [-0.4, -0.2) is 19.7 Å². The van der Waals surface area contributed by atoms with Gasteiger partial charge in [-0.25, -0.2) is 8.42 Å². The van der Waals surface area contributed by atoms with Gasteiger partial charge in [-0.05, 0) is 11.6 Å². The van der Waals surface area contributed by atoms with Gasteiger partial charge in [-0.15, -0.1) is 0 Å². The average molecular weight is 159 g/mol. The van der Waals surface area contributed by atoms with Crippen LogP contribution in [0.5, 0.6) is 0 Å². The molecule has 1 N–H and O–H groups in total. The van der Waals surface area contributed by atoms with Gasteiger partial charge in [0.2, 0.25) is 0 Å². The van der Waals surface area contributed by atoms with E-state index in [-0.39, 0.29) is 5.75 Å². The number of aromatic nitrogens is 1. The molecule has 0 aliphatic rings. The Balaban J connectivity index is 2.75. The lowest BCUT2D eigenvalue weighted by Gasteiger charge is -1.91. The highest BCUT2D eigenvalue weighted by atomic mass is 32.2. The summed E-state index contributed by atoms with van der Waals surface area (Å²) >= 11 is 0. The van der Waals surface area contributed by atoms with Crippen LogP contribution in [-0.2, 0) is 15.6 Å². The van der Waals surface area contributed by atoms with Gasteiger partial charge in [-0.3, -0.25) is 0 Å². The number of nitrogens with one attached hydrogen (secondary N) is 1. The lowest BCUT2D eigenvalue weighted by molar-refractivity contribution is 0.601. The van der Waals surface area contributed by atoms with E-state index in [1.807, 2.05) is 0 Å². The van der Waals surface area contributed by atoms with Crippen molar-refractivity contribution in [2.45, 2.75) is 5.75 Å². The maximum Gasteiger partial charge on any atom is 0.151 e. The summed E-state index contributed by atoms with van der Waals surface area (Å²) in [6, 6.07) is 1.75. The van der Waals surface area contributed by atoms with E-state index in [1.165, 1.54) is 6.26 Å². The second-order valence-electron chi connectivity index (χ2n) is 2.29. The van der Waals surface area contributed by atoms with Crippen molar-refractivity contribution in [3.8, 4) is 0 Å². The predicted octanol–water partition coefficient (Wildman–Crippen LogP) is 0.559. The molecule has 0 atom stereocenters. The Morgan fingerprint density at radius 2 is 2.30 bits per heavy atom. The standard InChI is InChI=1S/C6H9NO2S/c1-10(8,9)5-6-2-3-7-4-6/h2-4,7H,5H2,1H3. The highest BCUT2D eigenvalue weighted by Gasteiger charge is 2.02. The molecule has 0 fully saturated rings. The quantitative estimate of drug-likeness (QED) is 0.685. The lowest BCUT2D eigenvalue weighted by atomic mass is 10.4. The largest absolute Gasteiger partial charge is 0.367 e. The van der Waals surface area contributed by atoms with E-state index >= 15 is 0 Å². The van der Waals surface area contributed by atoms with E-state index in [2.05, 4.69) is 4.98 Å². The molecule has 1 rings (SSSR count). The van der Waals surface area contributed by atoms with Gasteiger partial charge in [-0.2, -0.15) is 0 Å². The minimum Gasteiger partial charge on any atom is -0.367 e. The molecule has 0 aliphatic carbocycles. The smallest absolute Gasteiger partial charge is 0.151 e. The summed E-state index contributed by atoms with van der Waals surface area (Å²) in [7, 11) is -2.87. The first-order valence-corrected chi connectivity index (χ1v) is 4.93. The zero-order chi connectivity index (χ0) is 7.61. The summed E-state index contributed by atoms with van der Waals surface area (Å²) in [4.78, 5) is 2.79. The fourth-order valence-electron chi connectivity index (χ4n) is 0.751. The van der Waals surface area contributed by atoms with Gasteiger partial charge in [0.25, 0.3) is 0 Å². The summed E-state index contributed by atoms with van der Waals surface area (Å²) in [5.74, 6) is 0.122. The Morgan fingerprint density at radius 3 is 2.70 bits per heavy atom. The molecule has 3 nitrogen and oxygen atoms in total. The molecule has 0 bridgehead atoms. The van der Waals surface area contributed by atoms with E-state index < -0.39 is 9.84 Å². The van der Waals surface area contributed by atoms with Crippen molar-refractivity contribution in [2.24, 2.45) is 0 Å². The Hall–Kier alpha value is -0.770. The first-order valence-electron chi connectivity index (χ1n) is 2.87. The number of aromatic amines is 1.